The Morgan fingerprint density at radius 1 is 1.33 bits per heavy atom. The van der Waals surface area contributed by atoms with Crippen LogP contribution in [0.15, 0.2) is 18.2 Å². The fourth-order valence-electron chi connectivity index (χ4n) is 1.93. The minimum atomic E-state index is -0.156. The van der Waals surface area contributed by atoms with Crippen LogP contribution in [-0.2, 0) is 0 Å². The molecule has 0 aromatic heterocycles. The molecule has 0 heterocycles. The molecule has 0 aliphatic heterocycles. The third-order valence-electron chi connectivity index (χ3n) is 2.96. The Morgan fingerprint density at radius 3 is 2.56 bits per heavy atom. The fourth-order valence-corrected chi connectivity index (χ4v) is 1.93. The first-order valence-electron chi connectivity index (χ1n) is 6.14. The Labute approximate surface area is 108 Å². The SMILES string of the molecule is CCCC(CN)C(=O)c1cc(OC)ccc1OC. The maximum Gasteiger partial charge on any atom is 0.171 e. The second-order valence-electron chi connectivity index (χ2n) is 4.15. The minimum absolute atomic E-state index is 0.0232. The van der Waals surface area contributed by atoms with Gasteiger partial charge in [0, 0.05) is 12.5 Å². The van der Waals surface area contributed by atoms with Crippen LogP contribution in [0.25, 0.3) is 0 Å². The highest BCUT2D eigenvalue weighted by atomic mass is 16.5. The van der Waals surface area contributed by atoms with E-state index in [1.54, 1.807) is 32.4 Å². The van der Waals surface area contributed by atoms with Crippen molar-refractivity contribution in [3.63, 3.8) is 0 Å². The Hall–Kier alpha value is -1.55. The fraction of sp³-hybridized carbons (Fsp3) is 0.500. The van der Waals surface area contributed by atoms with E-state index in [1.165, 1.54) is 0 Å². The molecule has 0 radical (unpaired) electrons. The van der Waals surface area contributed by atoms with E-state index in [2.05, 4.69) is 0 Å². The molecule has 0 amide bonds. The molecule has 0 spiro atoms. The molecule has 0 aliphatic rings. The average molecular weight is 251 g/mol. The number of nitrogens with two attached hydrogens (primary N) is 1. The molecular weight excluding hydrogens is 230 g/mol. The number of hydrogen-bond acceptors (Lipinski definition) is 4. The van der Waals surface area contributed by atoms with Gasteiger partial charge in [0.25, 0.3) is 0 Å². The van der Waals surface area contributed by atoms with Crippen LogP contribution in [-0.4, -0.2) is 26.5 Å². The average Bonchev–Trinajstić information content (AvgIpc) is 2.43. The van der Waals surface area contributed by atoms with Gasteiger partial charge >= 0.3 is 0 Å². The summed E-state index contributed by atoms with van der Waals surface area (Å²) >= 11 is 0. The summed E-state index contributed by atoms with van der Waals surface area (Å²) in [6.45, 7) is 2.39. The zero-order chi connectivity index (χ0) is 13.5. The standard InChI is InChI=1S/C14H21NO3/c1-4-5-10(9-15)14(16)12-8-11(17-2)6-7-13(12)18-3/h6-8,10H,4-5,9,15H2,1-3H3. The predicted molar refractivity (Wildman–Crippen MR) is 71.3 cm³/mol. The van der Waals surface area contributed by atoms with Gasteiger partial charge < -0.3 is 15.2 Å². The number of benzene rings is 1. The van der Waals surface area contributed by atoms with Crippen molar-refractivity contribution < 1.29 is 14.3 Å². The molecule has 4 heteroatoms. The van der Waals surface area contributed by atoms with Gasteiger partial charge in [0.2, 0.25) is 0 Å². The zero-order valence-corrected chi connectivity index (χ0v) is 11.2. The molecule has 100 valence electrons. The van der Waals surface area contributed by atoms with Crippen LogP contribution in [0.1, 0.15) is 30.1 Å². The molecule has 0 saturated carbocycles. The Kier molecular flexibility index (Phi) is 5.65. The molecule has 1 aromatic rings. The summed E-state index contributed by atoms with van der Waals surface area (Å²) < 4.78 is 10.4. The molecule has 1 unspecified atom stereocenters. The lowest BCUT2D eigenvalue weighted by Crippen LogP contribution is -2.24. The number of ketones is 1. The van der Waals surface area contributed by atoms with Crippen LogP contribution in [0.3, 0.4) is 0 Å². The van der Waals surface area contributed by atoms with Gasteiger partial charge in [-0.2, -0.15) is 0 Å². The summed E-state index contributed by atoms with van der Waals surface area (Å²) in [7, 11) is 3.12. The summed E-state index contributed by atoms with van der Waals surface area (Å²) in [6, 6.07) is 5.22. The normalized spacial score (nSPS) is 12.0. The minimum Gasteiger partial charge on any atom is -0.497 e. The molecule has 0 bridgehead atoms. The topological polar surface area (TPSA) is 61.6 Å². The third-order valence-corrected chi connectivity index (χ3v) is 2.96. The van der Waals surface area contributed by atoms with E-state index in [0.29, 0.717) is 23.6 Å². The van der Waals surface area contributed by atoms with Crippen LogP contribution in [0.2, 0.25) is 0 Å². The van der Waals surface area contributed by atoms with Crippen molar-refractivity contribution in [3.05, 3.63) is 23.8 Å². The number of ether oxygens (including phenoxy) is 2. The summed E-state index contributed by atoms with van der Waals surface area (Å²) in [6.07, 6.45) is 1.72. The molecule has 18 heavy (non-hydrogen) atoms. The lowest BCUT2D eigenvalue weighted by molar-refractivity contribution is 0.0914. The molecule has 1 rings (SSSR count). The number of carbonyl (C=O) groups excluding carboxylic acids is 1. The summed E-state index contributed by atoms with van der Waals surface area (Å²) in [5.74, 6) is 1.08. The third kappa shape index (κ3) is 3.23. The molecule has 0 saturated heterocycles. The molecule has 1 atom stereocenters. The highest BCUT2D eigenvalue weighted by molar-refractivity contribution is 6.00. The van der Waals surface area contributed by atoms with E-state index in [4.69, 9.17) is 15.2 Å². The van der Waals surface area contributed by atoms with Crippen LogP contribution >= 0.6 is 0 Å². The summed E-state index contributed by atoms with van der Waals surface area (Å²) in [4.78, 5) is 12.4. The van der Waals surface area contributed by atoms with Gasteiger partial charge in [-0.3, -0.25) is 4.79 Å². The van der Waals surface area contributed by atoms with Crippen LogP contribution in [0.5, 0.6) is 11.5 Å². The number of rotatable bonds is 7. The van der Waals surface area contributed by atoms with Gasteiger partial charge in [0.15, 0.2) is 5.78 Å². The van der Waals surface area contributed by atoms with E-state index in [-0.39, 0.29) is 11.7 Å². The highest BCUT2D eigenvalue weighted by Crippen LogP contribution is 2.27. The maximum atomic E-state index is 12.4. The zero-order valence-electron chi connectivity index (χ0n) is 11.2. The maximum absolute atomic E-state index is 12.4. The van der Waals surface area contributed by atoms with Crippen molar-refractivity contribution in [3.8, 4) is 11.5 Å². The molecule has 0 aliphatic carbocycles. The summed E-state index contributed by atoms with van der Waals surface area (Å²) in [5.41, 5.74) is 6.21. The van der Waals surface area contributed by atoms with Gasteiger partial charge in [0.1, 0.15) is 11.5 Å². The van der Waals surface area contributed by atoms with Gasteiger partial charge in [-0.15, -0.1) is 0 Å². The van der Waals surface area contributed by atoms with Crippen molar-refractivity contribution in [1.29, 1.82) is 0 Å². The number of hydrogen-bond donors (Lipinski definition) is 1. The Bertz CT molecular complexity index is 404. The van der Waals surface area contributed by atoms with Gasteiger partial charge in [-0.25, -0.2) is 0 Å². The van der Waals surface area contributed by atoms with E-state index in [0.717, 1.165) is 12.8 Å². The van der Waals surface area contributed by atoms with Crippen molar-refractivity contribution in [1.82, 2.24) is 0 Å². The molecule has 0 fully saturated rings. The molecule has 4 nitrogen and oxygen atoms in total. The second kappa shape index (κ2) is 7.01. The molecule has 2 N–H and O–H groups in total. The van der Waals surface area contributed by atoms with Crippen molar-refractivity contribution in [2.24, 2.45) is 11.7 Å². The first-order valence-corrected chi connectivity index (χ1v) is 6.14. The van der Waals surface area contributed by atoms with E-state index < -0.39 is 0 Å². The van der Waals surface area contributed by atoms with E-state index >= 15 is 0 Å². The smallest absolute Gasteiger partial charge is 0.171 e. The quantitative estimate of drug-likeness (QED) is 0.755. The van der Waals surface area contributed by atoms with Crippen LogP contribution in [0, 0.1) is 5.92 Å². The first kappa shape index (κ1) is 14.5. The van der Waals surface area contributed by atoms with E-state index in [1.807, 2.05) is 6.92 Å². The monoisotopic (exact) mass is 251 g/mol. The Balaban J connectivity index is 3.08. The lowest BCUT2D eigenvalue weighted by atomic mass is 9.93. The van der Waals surface area contributed by atoms with Crippen molar-refractivity contribution in [2.75, 3.05) is 20.8 Å². The van der Waals surface area contributed by atoms with Gasteiger partial charge in [0.05, 0.1) is 19.8 Å². The first-order chi connectivity index (χ1) is 8.67. The van der Waals surface area contributed by atoms with Crippen molar-refractivity contribution >= 4 is 5.78 Å². The molecular formula is C14H21NO3. The van der Waals surface area contributed by atoms with Crippen LogP contribution in [0.4, 0.5) is 0 Å². The van der Waals surface area contributed by atoms with Gasteiger partial charge in [-0.1, -0.05) is 13.3 Å². The van der Waals surface area contributed by atoms with E-state index in [9.17, 15) is 4.79 Å². The van der Waals surface area contributed by atoms with Gasteiger partial charge in [-0.05, 0) is 24.6 Å². The Morgan fingerprint density at radius 2 is 2.06 bits per heavy atom. The number of Topliss-reactive ketones (excluding diaryl/α,β-unsaturated/α-hetero) is 1. The number of methoxy groups -OCH3 is 2. The van der Waals surface area contributed by atoms with Crippen molar-refractivity contribution in [2.45, 2.75) is 19.8 Å². The summed E-state index contributed by atoms with van der Waals surface area (Å²) in [5, 5.41) is 0. The number of carbonyl (C=O) groups is 1. The second-order valence-corrected chi connectivity index (χ2v) is 4.15. The highest BCUT2D eigenvalue weighted by Gasteiger charge is 2.21. The van der Waals surface area contributed by atoms with Crippen LogP contribution < -0.4 is 15.2 Å². The molecule has 1 aromatic carbocycles. The predicted octanol–water partition coefficient (Wildman–Crippen LogP) is 2.26. The largest absolute Gasteiger partial charge is 0.497 e. The lowest BCUT2D eigenvalue weighted by Gasteiger charge is -2.15.